The number of hydrogen-bond donors (Lipinski definition) is 28. The summed E-state index contributed by atoms with van der Waals surface area (Å²) >= 11 is 8.62. The molecule has 149 heavy (non-hydrogen) atoms. The molecule has 0 fully saturated rings. The number of aromatic nitrogens is 3. The van der Waals surface area contributed by atoms with Crippen LogP contribution in [0.1, 0.15) is 134 Å². The van der Waals surface area contributed by atoms with Crippen LogP contribution in [0, 0.1) is 17.8 Å². The smallest absolute Gasteiger partial charge is 0.326 e. The Hall–Kier alpha value is -15.8. The number of carboxylic acid groups (broad SMARTS) is 2. The highest BCUT2D eigenvalue weighted by Gasteiger charge is 2.42. The minimum atomic E-state index is -2.03. The molecule has 8 aromatic rings. The number of nitrogens with two attached hydrogens (primary N) is 6. The summed E-state index contributed by atoms with van der Waals surface area (Å²) in [6, 6.07) is 10.3. The quantitative estimate of drug-likeness (QED) is 0.0134. The Morgan fingerprint density at radius 2 is 0.584 bits per heavy atom. The van der Waals surface area contributed by atoms with Gasteiger partial charge in [-0.3, -0.25) is 95.9 Å². The summed E-state index contributed by atoms with van der Waals surface area (Å²) in [7, 11) is 0. The van der Waals surface area contributed by atoms with E-state index in [1.165, 1.54) is 20.0 Å². The number of amides is 19. The van der Waals surface area contributed by atoms with Crippen LogP contribution < -0.4 is 114 Å². The zero-order valence-electron chi connectivity index (χ0n) is 83.0. The lowest BCUT2D eigenvalue weighted by Crippen LogP contribution is -2.62. The van der Waals surface area contributed by atoms with Gasteiger partial charge in [0.2, 0.25) is 112 Å². The zero-order valence-corrected chi connectivity index (χ0v) is 84.7. The van der Waals surface area contributed by atoms with Crippen LogP contribution in [-0.4, -0.2) is 264 Å². The van der Waals surface area contributed by atoms with Gasteiger partial charge in [-0.2, -0.15) is 25.3 Å². The molecule has 5 aromatic carbocycles. The Kier molecular flexibility index (Phi) is 46.1. The maximum absolute atomic E-state index is 15.4. The third-order valence-electron chi connectivity index (χ3n) is 24.2. The molecule has 0 radical (unpaired) electrons. The number of hydrogen-bond acceptors (Lipinski definition) is 25. The van der Waals surface area contributed by atoms with Gasteiger partial charge in [0, 0.05) is 101 Å². The van der Waals surface area contributed by atoms with Crippen molar-refractivity contribution in [2.75, 3.05) is 18.1 Å². The zero-order chi connectivity index (χ0) is 110. The number of unbranched alkanes of at least 4 members (excludes halogenated alkanes) is 1. The number of aliphatic carboxylic acids is 2. The third-order valence-corrected chi connectivity index (χ3v) is 24.9. The van der Waals surface area contributed by atoms with Gasteiger partial charge in [0.25, 0.3) is 0 Å². The predicted octanol–water partition coefficient (Wildman–Crippen LogP) is -2.96. The molecule has 32 N–H and O–H groups in total. The van der Waals surface area contributed by atoms with Gasteiger partial charge >= 0.3 is 11.9 Å². The first-order valence-corrected chi connectivity index (χ1v) is 49.6. The number of aromatic amines is 3. The summed E-state index contributed by atoms with van der Waals surface area (Å²) < 4.78 is 0. The summed E-state index contributed by atoms with van der Waals surface area (Å²) in [5, 5.41) is 59.3. The van der Waals surface area contributed by atoms with Gasteiger partial charge in [0.05, 0.1) is 31.7 Å². The van der Waals surface area contributed by atoms with Crippen molar-refractivity contribution >= 4 is 182 Å². The van der Waals surface area contributed by atoms with Crippen LogP contribution in [-0.2, 0) is 133 Å². The number of thiol groups is 2. The maximum atomic E-state index is 15.4. The molecular formula is C100H132N24O23S2. The Balaban J connectivity index is 0.992. The van der Waals surface area contributed by atoms with E-state index in [4.69, 9.17) is 34.4 Å². The minimum Gasteiger partial charge on any atom is -0.481 e. The van der Waals surface area contributed by atoms with Crippen LogP contribution in [0.3, 0.4) is 0 Å². The Bertz CT molecular complexity index is 6100. The fourth-order valence-electron chi connectivity index (χ4n) is 16.3. The maximum Gasteiger partial charge on any atom is 0.326 e. The molecule has 3 heterocycles. The van der Waals surface area contributed by atoms with Crippen LogP contribution in [0.5, 0.6) is 0 Å². The molecule has 802 valence electrons. The van der Waals surface area contributed by atoms with Crippen LogP contribution in [0.15, 0.2) is 152 Å². The molecule has 0 saturated carbocycles. The van der Waals surface area contributed by atoms with Gasteiger partial charge in [-0.15, -0.1) is 0 Å². The monoisotopic (exact) mass is 2100 g/mol. The molecule has 0 bridgehead atoms. The molecule has 47 nitrogen and oxygen atoms in total. The number of benzene rings is 5. The number of H-pyrrole nitrogens is 3. The molecule has 0 unspecified atom stereocenters. The Morgan fingerprint density at radius 1 is 0.302 bits per heavy atom. The molecule has 8 rings (SSSR count). The predicted molar refractivity (Wildman–Crippen MR) is 553 cm³/mol. The summed E-state index contributed by atoms with van der Waals surface area (Å²) in [5.74, 6) is -26.4. The van der Waals surface area contributed by atoms with Crippen LogP contribution >= 0.6 is 25.3 Å². The molecule has 19 amide bonds. The van der Waals surface area contributed by atoms with Crippen LogP contribution in [0.4, 0.5) is 0 Å². The lowest BCUT2D eigenvalue weighted by atomic mass is 9.99. The van der Waals surface area contributed by atoms with Gasteiger partial charge < -0.3 is 139 Å². The number of primary amides is 4. The highest BCUT2D eigenvalue weighted by molar-refractivity contribution is 7.80. The van der Waals surface area contributed by atoms with Crippen molar-refractivity contribution in [3.8, 4) is 0 Å². The van der Waals surface area contributed by atoms with E-state index in [1.54, 1.807) is 174 Å². The fraction of sp³-hybridized carbons (Fsp3) is 0.430. The largest absolute Gasteiger partial charge is 0.481 e. The molecule has 49 heteroatoms. The van der Waals surface area contributed by atoms with E-state index < -0.39 is 295 Å². The average Bonchev–Trinajstić information content (AvgIpc) is 1.69. The summed E-state index contributed by atoms with van der Waals surface area (Å²) in [6.07, 6.45) is -1.59. The van der Waals surface area contributed by atoms with Gasteiger partial charge in [0.1, 0.15) is 90.6 Å². The van der Waals surface area contributed by atoms with Crippen molar-refractivity contribution < 1.29 is 111 Å². The van der Waals surface area contributed by atoms with Crippen molar-refractivity contribution in [1.82, 2.24) is 94.7 Å². The van der Waals surface area contributed by atoms with E-state index in [0.29, 0.717) is 60.5 Å². The van der Waals surface area contributed by atoms with E-state index in [-0.39, 0.29) is 57.9 Å². The molecule has 0 spiro atoms. The number of fused-ring (bicyclic) bond motifs is 3. The van der Waals surface area contributed by atoms with Crippen LogP contribution in [0.25, 0.3) is 32.7 Å². The number of rotatable bonds is 62. The number of para-hydroxylation sites is 3. The van der Waals surface area contributed by atoms with Gasteiger partial charge in [-0.25, -0.2) is 4.79 Å². The van der Waals surface area contributed by atoms with Crippen LogP contribution in [0.2, 0.25) is 0 Å². The summed E-state index contributed by atoms with van der Waals surface area (Å²) in [5.41, 5.74) is 38.8. The number of carboxylic acids is 2. The molecule has 0 aliphatic rings. The molecule has 16 atom stereocenters. The highest BCUT2D eigenvalue weighted by Crippen LogP contribution is 2.25. The Labute approximate surface area is 867 Å². The van der Waals surface area contributed by atoms with Crippen molar-refractivity contribution in [2.45, 2.75) is 235 Å². The minimum absolute atomic E-state index is 0.0627. The standard InChI is InChI=1S/C100H132N24O23S2/c1-50(2)35-67(113-93(139)73(43-80(105)127)118-97(143)77(49-149)122-99(145)84(52(5)6)123-94(140)71(112-85(131)61(102)41-82(129)130)39-56-46-108-63-29-17-14-26-59(56)63)88(134)114-68(36-53-21-9-7-10-22-53)89(135)110-65(31-19-20-34-101)86(132)117-72(42-79(104)126)92(138)111-66(32-33-78(103)125)87(133)116-70(38-55-45-107-62-28-16-13-25-58(55)62)91(137)115-69(37-54-23-11-8-12-24-54)90(136)121-76(48-148)96(142)119-74(44-81(106)128)95(141)124-83(51(3)4)98(144)120-75(100(146)147)40-57-47-109-64-30-18-15-27-60(57)64/h7-18,21-30,45-47,50-52,61,65-77,83-84,107-109,148-149H,19-20,31-44,48-49,101-102H2,1-6H3,(H2,103,125)(H2,104,126)(H2,105,127)(H2,106,128)(H,110,135)(H,111,138)(H,112,131)(H,113,139)(H,114,134)(H,115,137)(H,116,133)(H,117,132)(H,118,143)(H,119,142)(H,120,144)(H,121,136)(H,122,145)(H,123,140)(H,124,141)(H,129,130)(H,146,147)/t61-,65-,66-,67-,68-,69-,70-,71-,72-,73-,74-,75-,76-,77-,83-,84-/m0/s1. The van der Waals surface area contributed by atoms with Crippen molar-refractivity contribution in [3.05, 3.63) is 180 Å². The normalized spacial score (nSPS) is 14.5. The fourth-order valence-corrected chi connectivity index (χ4v) is 16.8. The molecule has 3 aromatic heterocycles. The second kappa shape index (κ2) is 57.9. The molecular weight excluding hydrogens is 1970 g/mol. The Morgan fingerprint density at radius 3 is 0.933 bits per heavy atom. The van der Waals surface area contributed by atoms with E-state index >= 15 is 14.4 Å². The third kappa shape index (κ3) is 37.0. The van der Waals surface area contributed by atoms with Crippen molar-refractivity contribution in [1.29, 1.82) is 0 Å². The molecule has 0 aliphatic heterocycles. The number of carbonyl (C=O) groups is 21. The first-order valence-electron chi connectivity index (χ1n) is 48.3. The number of nitrogens with one attached hydrogen (secondary N) is 18. The summed E-state index contributed by atoms with van der Waals surface area (Å²) in [6.45, 7) is 9.59. The molecule has 0 aliphatic carbocycles. The lowest BCUT2D eigenvalue weighted by molar-refractivity contribution is -0.142. The topological polar surface area (TPSA) is 783 Å². The summed E-state index contributed by atoms with van der Waals surface area (Å²) in [4.78, 5) is 303. The molecule has 0 saturated heterocycles. The van der Waals surface area contributed by atoms with E-state index in [9.17, 15) is 96.5 Å². The lowest BCUT2D eigenvalue weighted by Gasteiger charge is -2.29. The SMILES string of the molecule is CC(C)C[C@H](NC(=O)[C@H](CC(N)=O)NC(=O)[C@H](CS)NC(=O)[C@@H](NC(=O)[C@H](Cc1c[nH]c2ccccc12)NC(=O)[C@@H](N)CC(=O)O)C(C)C)C(=O)N[C@@H](Cc1ccccc1)C(=O)N[C@@H](CCCCN)C(=O)N[C@@H](CC(N)=O)C(=O)N[C@@H](CCC(N)=O)C(=O)N[C@@H](Cc1c[nH]c2ccccc12)C(=O)N[C@@H](Cc1ccccc1)C(=O)N[C@@H](CS)C(=O)N[C@@H](CC(N)=O)C(=O)N[C@H](C(=O)N[C@@H](Cc1c[nH]c2ccccc12)C(=O)O)C(C)C. The first-order chi connectivity index (χ1) is 70.7. The second-order valence-electron chi connectivity index (χ2n) is 37.2. The van der Waals surface area contributed by atoms with E-state index in [0.717, 1.165) is 0 Å². The van der Waals surface area contributed by atoms with Gasteiger partial charge in [-0.1, -0.05) is 157 Å². The number of carbonyl (C=O) groups excluding carboxylic acids is 19. The van der Waals surface area contributed by atoms with E-state index in [1.807, 2.05) is 0 Å². The van der Waals surface area contributed by atoms with Gasteiger partial charge in [-0.05, 0) is 102 Å². The van der Waals surface area contributed by atoms with Gasteiger partial charge in [0.15, 0.2) is 0 Å². The first kappa shape index (κ1) is 118. The highest BCUT2D eigenvalue weighted by atomic mass is 32.1. The second-order valence-corrected chi connectivity index (χ2v) is 37.9. The van der Waals surface area contributed by atoms with Crippen molar-refractivity contribution in [3.63, 3.8) is 0 Å². The van der Waals surface area contributed by atoms with E-state index in [2.05, 4.69) is 120 Å². The average molecular weight is 2100 g/mol. The van der Waals surface area contributed by atoms with Crippen molar-refractivity contribution in [2.24, 2.45) is 52.2 Å².